The number of amides is 3. The fraction of sp³-hybridized carbons (Fsp3) is 0.526. The van der Waals surface area contributed by atoms with E-state index in [2.05, 4.69) is 10.6 Å². The van der Waals surface area contributed by atoms with Gasteiger partial charge in [-0.1, -0.05) is 31.0 Å². The lowest BCUT2D eigenvalue weighted by atomic mass is 10.1. The molecule has 2 fully saturated rings. The van der Waals surface area contributed by atoms with Gasteiger partial charge in [-0.2, -0.15) is 0 Å². The van der Waals surface area contributed by atoms with Crippen molar-refractivity contribution >= 4 is 23.4 Å². The number of benzene rings is 1. The van der Waals surface area contributed by atoms with E-state index in [0.29, 0.717) is 19.1 Å². The SMILES string of the molecule is O=C(CCNC(=O)[C@H]1CC(=O)N(c2ccccc2)C1)NC1CCCC1. The summed E-state index contributed by atoms with van der Waals surface area (Å²) in [6.07, 6.45) is 4.96. The molecule has 1 atom stereocenters. The summed E-state index contributed by atoms with van der Waals surface area (Å²) < 4.78 is 0. The van der Waals surface area contributed by atoms with Gasteiger partial charge in [-0.05, 0) is 25.0 Å². The van der Waals surface area contributed by atoms with E-state index >= 15 is 0 Å². The fourth-order valence-corrected chi connectivity index (χ4v) is 3.55. The molecule has 2 aliphatic rings. The van der Waals surface area contributed by atoms with Gasteiger partial charge in [0.05, 0.1) is 5.92 Å². The Bertz CT molecular complexity index is 626. The average Bonchev–Trinajstić information content (AvgIpc) is 3.25. The second kappa shape index (κ2) is 8.14. The van der Waals surface area contributed by atoms with Gasteiger partial charge in [-0.3, -0.25) is 14.4 Å². The first-order valence-corrected chi connectivity index (χ1v) is 9.06. The van der Waals surface area contributed by atoms with Crippen LogP contribution in [0.15, 0.2) is 30.3 Å². The quantitative estimate of drug-likeness (QED) is 0.824. The first-order valence-electron chi connectivity index (χ1n) is 9.06. The van der Waals surface area contributed by atoms with Gasteiger partial charge in [0.1, 0.15) is 0 Å². The minimum Gasteiger partial charge on any atom is -0.355 e. The molecule has 1 saturated carbocycles. The zero-order valence-corrected chi connectivity index (χ0v) is 14.4. The molecule has 6 heteroatoms. The van der Waals surface area contributed by atoms with Crippen LogP contribution in [0.3, 0.4) is 0 Å². The Hall–Kier alpha value is -2.37. The number of carbonyl (C=O) groups excluding carboxylic acids is 3. The number of anilines is 1. The highest BCUT2D eigenvalue weighted by molar-refractivity contribution is 6.00. The molecule has 0 unspecified atom stereocenters. The van der Waals surface area contributed by atoms with Gasteiger partial charge in [0.25, 0.3) is 0 Å². The second-order valence-corrected chi connectivity index (χ2v) is 6.83. The zero-order chi connectivity index (χ0) is 17.6. The number of nitrogens with one attached hydrogen (secondary N) is 2. The van der Waals surface area contributed by atoms with E-state index in [-0.39, 0.29) is 36.5 Å². The number of hydrogen-bond donors (Lipinski definition) is 2. The Labute approximate surface area is 148 Å². The van der Waals surface area contributed by atoms with E-state index < -0.39 is 0 Å². The van der Waals surface area contributed by atoms with Gasteiger partial charge in [0, 0.05) is 37.7 Å². The minimum atomic E-state index is -0.356. The Morgan fingerprint density at radius 1 is 1.12 bits per heavy atom. The molecule has 0 bridgehead atoms. The summed E-state index contributed by atoms with van der Waals surface area (Å²) in [6, 6.07) is 9.68. The molecule has 1 aromatic rings. The molecular formula is C19H25N3O3. The monoisotopic (exact) mass is 343 g/mol. The summed E-state index contributed by atoms with van der Waals surface area (Å²) in [6.45, 7) is 0.705. The number of rotatable bonds is 6. The molecule has 0 radical (unpaired) electrons. The number of nitrogens with zero attached hydrogens (tertiary/aromatic N) is 1. The standard InChI is InChI=1S/C19H25N3O3/c23-17(21-15-6-4-5-7-15)10-11-20-19(25)14-12-18(24)22(13-14)16-8-2-1-3-9-16/h1-3,8-9,14-15H,4-7,10-13H2,(H,20,25)(H,21,23)/t14-/m0/s1. The first-order chi connectivity index (χ1) is 12.1. The van der Waals surface area contributed by atoms with E-state index in [9.17, 15) is 14.4 Å². The third kappa shape index (κ3) is 4.59. The van der Waals surface area contributed by atoms with Crippen LogP contribution in [-0.2, 0) is 14.4 Å². The van der Waals surface area contributed by atoms with Crippen molar-refractivity contribution in [1.82, 2.24) is 10.6 Å². The van der Waals surface area contributed by atoms with E-state index in [1.807, 2.05) is 30.3 Å². The Morgan fingerprint density at radius 3 is 2.56 bits per heavy atom. The van der Waals surface area contributed by atoms with Crippen LogP contribution in [0.25, 0.3) is 0 Å². The van der Waals surface area contributed by atoms with Gasteiger partial charge in [0.15, 0.2) is 0 Å². The summed E-state index contributed by atoms with van der Waals surface area (Å²) in [5.41, 5.74) is 0.818. The van der Waals surface area contributed by atoms with Crippen LogP contribution < -0.4 is 15.5 Å². The number of carbonyl (C=O) groups is 3. The molecule has 1 saturated heterocycles. The fourth-order valence-electron chi connectivity index (χ4n) is 3.55. The highest BCUT2D eigenvalue weighted by Gasteiger charge is 2.34. The molecule has 0 spiro atoms. The van der Waals surface area contributed by atoms with Gasteiger partial charge < -0.3 is 15.5 Å². The van der Waals surface area contributed by atoms with Crippen LogP contribution in [0.5, 0.6) is 0 Å². The van der Waals surface area contributed by atoms with Crippen LogP contribution in [-0.4, -0.2) is 36.9 Å². The lowest BCUT2D eigenvalue weighted by Crippen LogP contribution is -2.37. The molecule has 2 N–H and O–H groups in total. The van der Waals surface area contributed by atoms with Crippen molar-refractivity contribution in [2.24, 2.45) is 5.92 Å². The number of para-hydroxylation sites is 1. The molecule has 3 rings (SSSR count). The van der Waals surface area contributed by atoms with E-state index in [0.717, 1.165) is 18.5 Å². The maximum atomic E-state index is 12.3. The van der Waals surface area contributed by atoms with Crippen LogP contribution in [0.1, 0.15) is 38.5 Å². The third-order valence-electron chi connectivity index (χ3n) is 4.94. The molecular weight excluding hydrogens is 318 g/mol. The number of hydrogen-bond acceptors (Lipinski definition) is 3. The van der Waals surface area contributed by atoms with Crippen molar-refractivity contribution in [2.75, 3.05) is 18.0 Å². The molecule has 1 aliphatic heterocycles. The van der Waals surface area contributed by atoms with E-state index in [1.165, 1.54) is 12.8 Å². The highest BCUT2D eigenvalue weighted by Crippen LogP contribution is 2.24. The summed E-state index contributed by atoms with van der Waals surface area (Å²) in [7, 11) is 0. The van der Waals surface area contributed by atoms with Gasteiger partial charge >= 0.3 is 0 Å². The minimum absolute atomic E-state index is 0.0133. The van der Waals surface area contributed by atoms with Crippen molar-refractivity contribution in [2.45, 2.75) is 44.6 Å². The highest BCUT2D eigenvalue weighted by atomic mass is 16.2. The Balaban J connectivity index is 1.41. The molecule has 134 valence electrons. The summed E-state index contributed by atoms with van der Waals surface area (Å²) >= 11 is 0. The van der Waals surface area contributed by atoms with E-state index in [1.54, 1.807) is 4.90 Å². The van der Waals surface area contributed by atoms with Gasteiger partial charge in [-0.15, -0.1) is 0 Å². The molecule has 6 nitrogen and oxygen atoms in total. The Morgan fingerprint density at radius 2 is 1.84 bits per heavy atom. The zero-order valence-electron chi connectivity index (χ0n) is 14.4. The first kappa shape index (κ1) is 17.5. The summed E-state index contributed by atoms with van der Waals surface area (Å²) in [5, 5.41) is 5.80. The summed E-state index contributed by atoms with van der Waals surface area (Å²) in [4.78, 5) is 37.9. The van der Waals surface area contributed by atoms with E-state index in [4.69, 9.17) is 0 Å². The van der Waals surface area contributed by atoms with Crippen LogP contribution >= 0.6 is 0 Å². The normalized spacial score (nSPS) is 20.7. The second-order valence-electron chi connectivity index (χ2n) is 6.83. The molecule has 25 heavy (non-hydrogen) atoms. The van der Waals surface area contributed by atoms with Crippen molar-refractivity contribution in [3.63, 3.8) is 0 Å². The molecule has 1 aromatic carbocycles. The topological polar surface area (TPSA) is 78.5 Å². The lowest BCUT2D eigenvalue weighted by molar-refractivity contribution is -0.126. The van der Waals surface area contributed by atoms with Gasteiger partial charge in [-0.25, -0.2) is 0 Å². The summed E-state index contributed by atoms with van der Waals surface area (Å²) in [5.74, 6) is -0.558. The van der Waals surface area contributed by atoms with Crippen LogP contribution in [0.2, 0.25) is 0 Å². The van der Waals surface area contributed by atoms with Crippen molar-refractivity contribution in [1.29, 1.82) is 0 Å². The smallest absolute Gasteiger partial charge is 0.227 e. The van der Waals surface area contributed by atoms with Crippen molar-refractivity contribution in [3.8, 4) is 0 Å². The molecule has 0 aromatic heterocycles. The maximum absolute atomic E-state index is 12.3. The van der Waals surface area contributed by atoms with Gasteiger partial charge in [0.2, 0.25) is 17.7 Å². The van der Waals surface area contributed by atoms with Crippen molar-refractivity contribution < 1.29 is 14.4 Å². The van der Waals surface area contributed by atoms with Crippen LogP contribution in [0.4, 0.5) is 5.69 Å². The lowest BCUT2D eigenvalue weighted by Gasteiger charge is -2.16. The van der Waals surface area contributed by atoms with Crippen molar-refractivity contribution in [3.05, 3.63) is 30.3 Å². The average molecular weight is 343 g/mol. The predicted octanol–water partition coefficient (Wildman–Crippen LogP) is 1.60. The molecule has 1 aliphatic carbocycles. The molecule has 3 amide bonds. The van der Waals surface area contributed by atoms with Crippen LogP contribution in [0, 0.1) is 5.92 Å². The predicted molar refractivity (Wildman–Crippen MR) is 94.9 cm³/mol. The largest absolute Gasteiger partial charge is 0.355 e. The Kier molecular flexibility index (Phi) is 5.68. The molecule has 1 heterocycles. The third-order valence-corrected chi connectivity index (χ3v) is 4.94. The maximum Gasteiger partial charge on any atom is 0.227 e.